The third-order valence-corrected chi connectivity index (χ3v) is 7.82. The number of nitrogens with zero attached hydrogens (tertiary/aromatic N) is 2. The fourth-order valence-corrected chi connectivity index (χ4v) is 5.85. The average molecular weight is 401 g/mol. The molecule has 3 aliphatic rings. The summed E-state index contributed by atoms with van der Waals surface area (Å²) >= 11 is 6.23. The van der Waals surface area contributed by atoms with Gasteiger partial charge in [-0.05, 0) is 73.5 Å². The van der Waals surface area contributed by atoms with E-state index in [4.69, 9.17) is 21.6 Å². The molecule has 1 aliphatic heterocycles. The monoisotopic (exact) mass is 400 g/mol. The fraction of sp³-hybridized carbons (Fsp3) is 0.652. The van der Waals surface area contributed by atoms with Crippen LogP contribution in [0.5, 0.6) is 0 Å². The summed E-state index contributed by atoms with van der Waals surface area (Å²) in [7, 11) is 0. The van der Waals surface area contributed by atoms with E-state index >= 15 is 0 Å². The second-order valence-electron chi connectivity index (χ2n) is 9.03. The zero-order valence-electron chi connectivity index (χ0n) is 16.7. The van der Waals surface area contributed by atoms with Crippen LogP contribution in [-0.4, -0.2) is 30.7 Å². The van der Waals surface area contributed by atoms with Crippen molar-refractivity contribution >= 4 is 17.7 Å². The number of carbonyl (C=O) groups excluding carboxylic acids is 1. The van der Waals surface area contributed by atoms with Gasteiger partial charge in [0.15, 0.2) is 0 Å². The lowest BCUT2D eigenvalue weighted by atomic mass is 9.73. The number of rotatable bonds is 6. The van der Waals surface area contributed by atoms with Crippen molar-refractivity contribution in [2.45, 2.75) is 58.3 Å². The Morgan fingerprint density at radius 1 is 1.43 bits per heavy atom. The van der Waals surface area contributed by atoms with E-state index < -0.39 is 0 Å². The maximum atomic E-state index is 12.2. The lowest BCUT2D eigenvalue weighted by Gasteiger charge is -2.33. The molecule has 3 fully saturated rings. The molecule has 1 saturated heterocycles. The predicted octanol–water partition coefficient (Wildman–Crippen LogP) is 5.57. The molecule has 0 N–H and O–H groups in total. The minimum Gasteiger partial charge on any atom is -0.450 e. The number of hydrogen-bond donors (Lipinski definition) is 0. The Labute approximate surface area is 172 Å². The Bertz CT molecular complexity index is 800. The van der Waals surface area contributed by atoms with Crippen molar-refractivity contribution in [2.75, 3.05) is 19.7 Å². The zero-order valence-corrected chi connectivity index (χ0v) is 17.4. The molecule has 1 amide bonds. The lowest BCUT2D eigenvalue weighted by molar-refractivity contribution is 0.111. The van der Waals surface area contributed by atoms with Gasteiger partial charge < -0.3 is 9.64 Å². The molecule has 5 heteroatoms. The minimum atomic E-state index is -0.150. The zero-order chi connectivity index (χ0) is 19.8. The molecule has 1 aromatic rings. The van der Waals surface area contributed by atoms with Crippen molar-refractivity contribution in [3.8, 4) is 6.07 Å². The first-order valence-corrected chi connectivity index (χ1v) is 11.0. The molecular weight excluding hydrogens is 372 g/mol. The molecule has 0 unspecified atom stereocenters. The molecule has 0 bridgehead atoms. The summed E-state index contributed by atoms with van der Waals surface area (Å²) in [5, 5.41) is 9.63. The van der Waals surface area contributed by atoms with Gasteiger partial charge in [0.2, 0.25) is 0 Å². The van der Waals surface area contributed by atoms with Crippen molar-refractivity contribution in [3.05, 3.63) is 34.3 Å². The van der Waals surface area contributed by atoms with Gasteiger partial charge in [-0.1, -0.05) is 36.9 Å². The number of hydrogen-bond acceptors (Lipinski definition) is 3. The van der Waals surface area contributed by atoms with E-state index in [1.165, 1.54) is 37.7 Å². The van der Waals surface area contributed by atoms with Crippen molar-refractivity contribution < 1.29 is 9.53 Å². The van der Waals surface area contributed by atoms with Gasteiger partial charge in [0, 0.05) is 13.1 Å². The van der Waals surface area contributed by atoms with E-state index in [1.54, 1.807) is 0 Å². The summed E-state index contributed by atoms with van der Waals surface area (Å²) in [4.78, 5) is 14.1. The summed E-state index contributed by atoms with van der Waals surface area (Å²) in [6, 6.07) is 7.95. The van der Waals surface area contributed by atoms with Crippen molar-refractivity contribution in [3.63, 3.8) is 0 Å². The summed E-state index contributed by atoms with van der Waals surface area (Å²) in [6.45, 7) is 3.99. The maximum Gasteiger partial charge on any atom is 0.409 e. The van der Waals surface area contributed by atoms with Gasteiger partial charge >= 0.3 is 6.09 Å². The smallest absolute Gasteiger partial charge is 0.409 e. The topological polar surface area (TPSA) is 53.3 Å². The number of amides is 1. The van der Waals surface area contributed by atoms with Crippen LogP contribution in [0.4, 0.5) is 4.79 Å². The van der Waals surface area contributed by atoms with Gasteiger partial charge in [0.25, 0.3) is 0 Å². The van der Waals surface area contributed by atoms with Crippen molar-refractivity contribution in [1.82, 2.24) is 4.90 Å². The quantitative estimate of drug-likeness (QED) is 0.626. The van der Waals surface area contributed by atoms with Gasteiger partial charge in [-0.2, -0.15) is 5.26 Å². The maximum absolute atomic E-state index is 12.2. The van der Waals surface area contributed by atoms with Crippen LogP contribution in [-0.2, 0) is 11.2 Å². The van der Waals surface area contributed by atoms with Crippen LogP contribution in [0.1, 0.15) is 63.0 Å². The van der Waals surface area contributed by atoms with E-state index in [-0.39, 0.29) is 11.5 Å². The average Bonchev–Trinajstić information content (AvgIpc) is 3.01. The summed E-state index contributed by atoms with van der Waals surface area (Å²) < 4.78 is 5.24. The molecule has 2 aliphatic carbocycles. The molecule has 28 heavy (non-hydrogen) atoms. The highest BCUT2D eigenvalue weighted by Crippen LogP contribution is 2.73. The second kappa shape index (κ2) is 7.59. The van der Waals surface area contributed by atoms with E-state index in [2.05, 4.69) is 6.07 Å². The number of carbonyl (C=O) groups is 1. The molecular formula is C23H29ClN2O2. The Balaban J connectivity index is 1.45. The highest BCUT2D eigenvalue weighted by Gasteiger charge is 2.68. The highest BCUT2D eigenvalue weighted by molar-refractivity contribution is 6.31. The number of likely N-dealkylation sites (tertiary alicyclic amines) is 1. The Morgan fingerprint density at radius 3 is 2.89 bits per heavy atom. The van der Waals surface area contributed by atoms with Gasteiger partial charge in [-0.15, -0.1) is 0 Å². The van der Waals surface area contributed by atoms with E-state index in [0.717, 1.165) is 38.3 Å². The molecule has 1 heterocycles. The van der Waals surface area contributed by atoms with Crippen LogP contribution < -0.4 is 0 Å². The molecule has 150 valence electrons. The Morgan fingerprint density at radius 2 is 2.25 bits per heavy atom. The summed E-state index contributed by atoms with van der Waals surface area (Å²) in [5.74, 6) is 0.862. The molecule has 2 saturated carbocycles. The van der Waals surface area contributed by atoms with Gasteiger partial charge in [0.1, 0.15) is 6.07 Å². The van der Waals surface area contributed by atoms with Crippen molar-refractivity contribution in [1.29, 1.82) is 5.26 Å². The van der Waals surface area contributed by atoms with E-state index in [1.807, 2.05) is 30.0 Å². The van der Waals surface area contributed by atoms with Gasteiger partial charge in [-0.25, -0.2) is 4.79 Å². The molecule has 2 atom stereocenters. The predicted molar refractivity (Wildman–Crippen MR) is 109 cm³/mol. The molecule has 0 radical (unpaired) electrons. The SMILES string of the molecule is CCOC(=O)N1CC[C@@]2(C1)C[C@@]2(CCc1ccc(C#N)c(Cl)c1)CC1CCC1. The van der Waals surface area contributed by atoms with Crippen LogP contribution in [0, 0.1) is 28.1 Å². The first kappa shape index (κ1) is 19.6. The standard InChI is InChI=1S/C23H29ClN2O2/c1-2-28-21(27)26-11-10-23(16-26)15-22(23,13-18-4-3-5-18)9-8-17-6-7-19(14-25)20(24)12-17/h6-7,12,18H,2-5,8-11,13,15-16H2,1H3/t22-,23+/m1/s1. The molecule has 4 nitrogen and oxygen atoms in total. The Hall–Kier alpha value is -1.73. The molecule has 1 spiro atoms. The normalized spacial score (nSPS) is 28.8. The Kier molecular flexibility index (Phi) is 5.31. The molecule has 1 aromatic carbocycles. The number of nitriles is 1. The van der Waals surface area contributed by atoms with E-state index in [0.29, 0.717) is 22.6 Å². The molecule has 4 rings (SSSR count). The number of aryl methyl sites for hydroxylation is 1. The molecule has 0 aromatic heterocycles. The number of ether oxygens (including phenoxy) is 1. The van der Waals surface area contributed by atoms with Crippen LogP contribution >= 0.6 is 11.6 Å². The number of benzene rings is 1. The van der Waals surface area contributed by atoms with Gasteiger partial charge in [-0.3, -0.25) is 0 Å². The first-order valence-electron chi connectivity index (χ1n) is 10.6. The minimum absolute atomic E-state index is 0.150. The van der Waals surface area contributed by atoms with Gasteiger partial charge in [0.05, 0.1) is 17.2 Å². The first-order chi connectivity index (χ1) is 13.5. The van der Waals surface area contributed by atoms with E-state index in [9.17, 15) is 4.79 Å². The summed E-state index contributed by atoms with van der Waals surface area (Å²) in [6.07, 6.45) is 9.71. The van der Waals surface area contributed by atoms with Crippen LogP contribution in [0.15, 0.2) is 18.2 Å². The lowest BCUT2D eigenvalue weighted by Crippen LogP contribution is -2.31. The summed E-state index contributed by atoms with van der Waals surface area (Å²) in [5.41, 5.74) is 2.38. The van der Waals surface area contributed by atoms with Crippen LogP contribution in [0.3, 0.4) is 0 Å². The second-order valence-corrected chi connectivity index (χ2v) is 9.44. The van der Waals surface area contributed by atoms with Crippen molar-refractivity contribution in [2.24, 2.45) is 16.7 Å². The largest absolute Gasteiger partial charge is 0.450 e. The highest BCUT2D eigenvalue weighted by atomic mass is 35.5. The third kappa shape index (κ3) is 3.50. The third-order valence-electron chi connectivity index (χ3n) is 7.51. The fourth-order valence-electron chi connectivity index (χ4n) is 5.61. The van der Waals surface area contributed by atoms with Crippen LogP contribution in [0.25, 0.3) is 0 Å². The number of halogens is 1. The van der Waals surface area contributed by atoms with Crippen LogP contribution in [0.2, 0.25) is 5.02 Å².